The molecular formula is C23H22Cl3NO2. The van der Waals surface area contributed by atoms with E-state index in [4.69, 9.17) is 34.8 Å². The predicted molar refractivity (Wildman–Crippen MR) is 117 cm³/mol. The third-order valence-electron chi connectivity index (χ3n) is 6.79. The van der Waals surface area contributed by atoms with E-state index in [0.29, 0.717) is 27.9 Å². The van der Waals surface area contributed by atoms with Gasteiger partial charge in [0.25, 0.3) is 0 Å². The van der Waals surface area contributed by atoms with Crippen molar-refractivity contribution in [1.82, 2.24) is 5.32 Å². The van der Waals surface area contributed by atoms with E-state index in [9.17, 15) is 9.59 Å². The Morgan fingerprint density at radius 3 is 2.34 bits per heavy atom. The molecule has 1 saturated carbocycles. The Morgan fingerprint density at radius 1 is 1.07 bits per heavy atom. The Morgan fingerprint density at radius 2 is 1.72 bits per heavy atom. The molecule has 3 nitrogen and oxygen atoms in total. The van der Waals surface area contributed by atoms with Gasteiger partial charge in [-0.25, -0.2) is 0 Å². The summed E-state index contributed by atoms with van der Waals surface area (Å²) in [4.78, 5) is 25.8. The van der Waals surface area contributed by atoms with Crippen LogP contribution in [0.15, 0.2) is 42.5 Å². The van der Waals surface area contributed by atoms with Crippen LogP contribution in [0.3, 0.4) is 0 Å². The molecule has 29 heavy (non-hydrogen) atoms. The van der Waals surface area contributed by atoms with E-state index >= 15 is 0 Å². The molecule has 0 spiro atoms. The number of rotatable bonds is 3. The second-order valence-corrected chi connectivity index (χ2v) is 9.48. The molecule has 1 aliphatic heterocycles. The van der Waals surface area contributed by atoms with Crippen molar-refractivity contribution < 1.29 is 9.59 Å². The van der Waals surface area contributed by atoms with E-state index in [1.807, 2.05) is 43.3 Å². The molecule has 2 fully saturated rings. The molecule has 6 heteroatoms. The maximum atomic E-state index is 13.0. The Balaban J connectivity index is 1.90. The van der Waals surface area contributed by atoms with Gasteiger partial charge in [0.05, 0.1) is 0 Å². The number of Topliss-reactive ketones (excluding diaryl/α,β-unsaturated/α-hetero) is 1. The van der Waals surface area contributed by atoms with Gasteiger partial charge in [-0.05, 0) is 73.9 Å². The monoisotopic (exact) mass is 449 g/mol. The molecule has 1 amide bonds. The lowest BCUT2D eigenvalue weighted by atomic mass is 9.54. The molecule has 4 rings (SSSR count). The van der Waals surface area contributed by atoms with Gasteiger partial charge in [0, 0.05) is 27.0 Å². The minimum Gasteiger partial charge on any atom is -0.352 e. The molecule has 1 aliphatic carbocycles. The number of ketones is 1. The van der Waals surface area contributed by atoms with Crippen LogP contribution in [-0.2, 0) is 9.59 Å². The van der Waals surface area contributed by atoms with Crippen molar-refractivity contribution in [2.75, 3.05) is 0 Å². The molecule has 1 N–H and O–H groups in total. The molecular weight excluding hydrogens is 429 g/mol. The summed E-state index contributed by atoms with van der Waals surface area (Å²) in [5, 5.41) is 4.90. The second-order valence-electron chi connectivity index (χ2n) is 8.20. The summed E-state index contributed by atoms with van der Waals surface area (Å²) in [6.07, 6.45) is 1.20. The summed E-state index contributed by atoms with van der Waals surface area (Å²) >= 11 is 18.8. The average molecular weight is 451 g/mol. The number of nitrogens with one attached hydrogen (secondary N) is 1. The van der Waals surface area contributed by atoms with Gasteiger partial charge >= 0.3 is 0 Å². The highest BCUT2D eigenvalue weighted by molar-refractivity contribution is 6.35. The van der Waals surface area contributed by atoms with Gasteiger partial charge in [0.1, 0.15) is 11.2 Å². The standard InChI is InChI=1S/C23H22Cl3NO2/c1-12-21-20(14-3-5-15(24)6-4-14)18(17-8-7-16(25)11-19(17)26)9-10-23(21,13(2)28)22(29)27-12/h3-8,11-12,18,20-21H,9-10H2,1-2H3,(H,27,29)/t12-,18+,20+,21+,23+/m1/s1. The molecule has 0 radical (unpaired) electrons. The SMILES string of the molecule is CC(=O)[C@@]12CC[C@@H](c3ccc(Cl)cc3Cl)[C@H](c3ccc(Cl)cc3)[C@@H]1[C@@H](C)NC2=O. The van der Waals surface area contributed by atoms with Crippen molar-refractivity contribution in [2.45, 2.75) is 44.6 Å². The highest BCUT2D eigenvalue weighted by Gasteiger charge is 2.63. The fourth-order valence-electron chi connectivity index (χ4n) is 5.56. The van der Waals surface area contributed by atoms with Crippen LogP contribution in [0.1, 0.15) is 49.7 Å². The van der Waals surface area contributed by atoms with Crippen LogP contribution in [0.2, 0.25) is 15.1 Å². The Hall–Kier alpha value is -1.55. The Kier molecular flexibility index (Phi) is 5.43. The molecule has 0 aromatic heterocycles. The van der Waals surface area contributed by atoms with Crippen molar-refractivity contribution in [1.29, 1.82) is 0 Å². The van der Waals surface area contributed by atoms with E-state index in [2.05, 4.69) is 5.32 Å². The molecule has 2 aromatic carbocycles. The number of carbonyl (C=O) groups is 2. The van der Waals surface area contributed by atoms with Crippen LogP contribution in [0, 0.1) is 11.3 Å². The van der Waals surface area contributed by atoms with Gasteiger partial charge < -0.3 is 5.32 Å². The lowest BCUT2D eigenvalue weighted by molar-refractivity contribution is -0.143. The third kappa shape index (κ3) is 3.28. The van der Waals surface area contributed by atoms with Crippen LogP contribution in [0.25, 0.3) is 0 Å². The topological polar surface area (TPSA) is 46.2 Å². The van der Waals surface area contributed by atoms with E-state index in [1.54, 1.807) is 13.0 Å². The average Bonchev–Trinajstić information content (AvgIpc) is 2.93. The highest BCUT2D eigenvalue weighted by Crippen LogP contribution is 2.59. The van der Waals surface area contributed by atoms with Gasteiger partial charge in [-0.2, -0.15) is 0 Å². The summed E-state index contributed by atoms with van der Waals surface area (Å²) in [5.74, 6) is -0.378. The molecule has 0 unspecified atom stereocenters. The van der Waals surface area contributed by atoms with Gasteiger partial charge in [0.15, 0.2) is 0 Å². The summed E-state index contributed by atoms with van der Waals surface area (Å²) < 4.78 is 0. The predicted octanol–water partition coefficient (Wildman–Crippen LogP) is 6.02. The Bertz CT molecular complexity index is 975. The molecule has 5 atom stereocenters. The molecule has 2 aliphatic rings. The van der Waals surface area contributed by atoms with Crippen LogP contribution in [0.4, 0.5) is 0 Å². The maximum absolute atomic E-state index is 13.0. The first-order chi connectivity index (χ1) is 13.8. The summed E-state index contributed by atoms with van der Waals surface area (Å²) in [5.41, 5.74) is 1.06. The zero-order chi connectivity index (χ0) is 20.9. The first-order valence-electron chi connectivity index (χ1n) is 9.78. The maximum Gasteiger partial charge on any atom is 0.234 e. The van der Waals surface area contributed by atoms with Crippen molar-refractivity contribution in [2.24, 2.45) is 11.3 Å². The third-order valence-corrected chi connectivity index (χ3v) is 7.60. The second kappa shape index (κ2) is 7.61. The number of carbonyl (C=O) groups excluding carboxylic acids is 2. The lowest BCUT2D eigenvalue weighted by Gasteiger charge is -2.46. The summed E-state index contributed by atoms with van der Waals surface area (Å²) in [7, 11) is 0. The highest BCUT2D eigenvalue weighted by atomic mass is 35.5. The van der Waals surface area contributed by atoms with Crippen molar-refractivity contribution in [3.05, 3.63) is 68.7 Å². The number of halogens is 3. The first kappa shape index (κ1) is 20.7. The summed E-state index contributed by atoms with van der Waals surface area (Å²) in [6.45, 7) is 3.53. The van der Waals surface area contributed by atoms with Gasteiger partial charge in [-0.1, -0.05) is 53.0 Å². The minimum atomic E-state index is -1.00. The molecule has 0 bridgehead atoms. The van der Waals surface area contributed by atoms with E-state index < -0.39 is 5.41 Å². The molecule has 152 valence electrons. The van der Waals surface area contributed by atoms with E-state index in [1.165, 1.54) is 0 Å². The van der Waals surface area contributed by atoms with Crippen molar-refractivity contribution in [3.63, 3.8) is 0 Å². The van der Waals surface area contributed by atoms with Crippen molar-refractivity contribution >= 4 is 46.5 Å². The van der Waals surface area contributed by atoms with Crippen LogP contribution < -0.4 is 5.32 Å². The molecule has 1 heterocycles. The van der Waals surface area contributed by atoms with Gasteiger partial charge in [-0.3, -0.25) is 9.59 Å². The molecule has 1 saturated heterocycles. The quantitative estimate of drug-likeness (QED) is 0.581. The fourth-order valence-corrected chi connectivity index (χ4v) is 6.24. The zero-order valence-electron chi connectivity index (χ0n) is 16.2. The lowest BCUT2D eigenvalue weighted by Crippen LogP contribution is -2.48. The van der Waals surface area contributed by atoms with Crippen LogP contribution >= 0.6 is 34.8 Å². The van der Waals surface area contributed by atoms with Gasteiger partial charge in [0.2, 0.25) is 5.91 Å². The van der Waals surface area contributed by atoms with E-state index in [-0.39, 0.29) is 35.5 Å². The number of benzene rings is 2. The minimum absolute atomic E-state index is 0.0578. The number of hydrogen-bond acceptors (Lipinski definition) is 2. The van der Waals surface area contributed by atoms with Gasteiger partial charge in [-0.15, -0.1) is 0 Å². The number of fused-ring (bicyclic) bond motifs is 1. The fraction of sp³-hybridized carbons (Fsp3) is 0.391. The number of amides is 1. The normalized spacial score (nSPS) is 31.3. The first-order valence-corrected chi connectivity index (χ1v) is 10.9. The smallest absolute Gasteiger partial charge is 0.234 e. The Labute approximate surface area is 185 Å². The molecule has 2 aromatic rings. The largest absolute Gasteiger partial charge is 0.352 e. The van der Waals surface area contributed by atoms with E-state index in [0.717, 1.165) is 11.1 Å². The van der Waals surface area contributed by atoms with Crippen LogP contribution in [-0.4, -0.2) is 17.7 Å². The number of hydrogen-bond donors (Lipinski definition) is 1. The van der Waals surface area contributed by atoms with Crippen molar-refractivity contribution in [3.8, 4) is 0 Å². The van der Waals surface area contributed by atoms with Crippen LogP contribution in [0.5, 0.6) is 0 Å². The summed E-state index contributed by atoms with van der Waals surface area (Å²) in [6, 6.07) is 13.1. The zero-order valence-corrected chi connectivity index (χ0v) is 18.5.